The molecule has 0 bridgehead atoms. The van der Waals surface area contributed by atoms with Crippen molar-refractivity contribution in [3.05, 3.63) is 34.4 Å². The molecule has 21 heavy (non-hydrogen) atoms. The van der Waals surface area contributed by atoms with Gasteiger partial charge in [0.15, 0.2) is 12.4 Å². The second kappa shape index (κ2) is 7.00. The number of β-amino-alcohol motifs (C(OH)–C–C–N with tert-alkyl or cyclic N) is 1. The van der Waals surface area contributed by atoms with E-state index in [4.69, 9.17) is 4.74 Å². The molecule has 1 aliphatic rings. The van der Waals surface area contributed by atoms with E-state index < -0.39 is 11.0 Å². The largest absolute Gasteiger partial charge is 0.477 e. The Kier molecular flexibility index (Phi) is 5.07. The summed E-state index contributed by atoms with van der Waals surface area (Å²) in [7, 11) is 0. The number of hydrogen-bond acceptors (Lipinski definition) is 6. The van der Waals surface area contributed by atoms with Crippen molar-refractivity contribution < 1.29 is 19.6 Å². The second-order valence-electron chi connectivity index (χ2n) is 4.80. The topological polar surface area (TPSA) is 114 Å². The number of aliphatic hydroxyl groups excluding tert-OH is 1. The molecule has 0 spiro atoms. The Labute approximate surface area is 121 Å². The van der Waals surface area contributed by atoms with E-state index in [0.29, 0.717) is 19.6 Å². The molecule has 1 aromatic rings. The van der Waals surface area contributed by atoms with E-state index in [9.17, 15) is 20.0 Å². The number of carbonyl (C=O) groups excluding carboxylic acids is 1. The van der Waals surface area contributed by atoms with Gasteiger partial charge in [0.1, 0.15) is 0 Å². The van der Waals surface area contributed by atoms with Crippen LogP contribution in [0.4, 0.5) is 5.69 Å². The third-order valence-corrected chi connectivity index (χ3v) is 3.29. The highest BCUT2D eigenvalue weighted by Gasteiger charge is 2.25. The minimum atomic E-state index is -0.562. The van der Waals surface area contributed by atoms with E-state index in [-0.39, 0.29) is 29.9 Å². The number of benzene rings is 1. The van der Waals surface area contributed by atoms with Gasteiger partial charge in [-0.05, 0) is 6.07 Å². The van der Waals surface area contributed by atoms with Gasteiger partial charge in [-0.2, -0.15) is 0 Å². The maximum Gasteiger partial charge on any atom is 0.310 e. The predicted molar refractivity (Wildman–Crippen MR) is 74.0 cm³/mol. The number of nitrogens with zero attached hydrogens (tertiary/aromatic N) is 1. The smallest absolute Gasteiger partial charge is 0.310 e. The molecule has 0 saturated carbocycles. The van der Waals surface area contributed by atoms with Crippen molar-refractivity contribution in [3.8, 4) is 5.75 Å². The highest BCUT2D eigenvalue weighted by atomic mass is 16.6. The first kappa shape index (κ1) is 15.2. The number of nitro benzene ring substituents is 1. The standard InChI is InChI=1S/C13H17N3O5/c17-11-7-14-5-9(11)6-15-13(18)8-21-12-4-2-1-3-10(12)16(19)20/h1-4,9,11,14,17H,5-8H2,(H,15,18). The molecule has 1 heterocycles. The Bertz CT molecular complexity index is 522. The van der Waals surface area contributed by atoms with Crippen LogP contribution in [0.15, 0.2) is 24.3 Å². The first-order chi connectivity index (χ1) is 10.1. The fraction of sp³-hybridized carbons (Fsp3) is 0.462. The molecule has 0 aliphatic carbocycles. The number of nitro groups is 1. The highest BCUT2D eigenvalue weighted by Crippen LogP contribution is 2.25. The first-order valence-corrected chi connectivity index (χ1v) is 6.59. The van der Waals surface area contributed by atoms with Crippen LogP contribution in [0.2, 0.25) is 0 Å². The van der Waals surface area contributed by atoms with Gasteiger partial charge in [-0.1, -0.05) is 12.1 Å². The SMILES string of the molecule is O=C(COc1ccccc1[N+](=O)[O-])NCC1CNCC1O. The van der Waals surface area contributed by atoms with E-state index >= 15 is 0 Å². The van der Waals surface area contributed by atoms with Crippen LogP contribution in [0.1, 0.15) is 0 Å². The summed E-state index contributed by atoms with van der Waals surface area (Å²) in [6.07, 6.45) is -0.471. The Hall–Kier alpha value is -2.19. The molecule has 2 rings (SSSR count). The van der Waals surface area contributed by atoms with Crippen LogP contribution in [0, 0.1) is 16.0 Å². The third kappa shape index (κ3) is 4.14. The summed E-state index contributed by atoms with van der Waals surface area (Å²) in [4.78, 5) is 21.9. The van der Waals surface area contributed by atoms with E-state index in [1.54, 1.807) is 6.07 Å². The van der Waals surface area contributed by atoms with E-state index in [1.165, 1.54) is 18.2 Å². The highest BCUT2D eigenvalue weighted by molar-refractivity contribution is 5.77. The number of amides is 1. The zero-order valence-electron chi connectivity index (χ0n) is 11.3. The van der Waals surface area contributed by atoms with Crippen molar-refractivity contribution in [2.75, 3.05) is 26.2 Å². The molecule has 0 aromatic heterocycles. The van der Waals surface area contributed by atoms with Crippen molar-refractivity contribution in [2.45, 2.75) is 6.10 Å². The van der Waals surface area contributed by atoms with Crippen LogP contribution in [-0.4, -0.2) is 48.3 Å². The molecule has 2 unspecified atom stereocenters. The lowest BCUT2D eigenvalue weighted by Crippen LogP contribution is -2.36. The summed E-state index contributed by atoms with van der Waals surface area (Å²) >= 11 is 0. The van der Waals surface area contributed by atoms with E-state index in [2.05, 4.69) is 10.6 Å². The molecule has 1 saturated heterocycles. The summed E-state index contributed by atoms with van der Waals surface area (Å²) in [5.74, 6) is -0.354. The summed E-state index contributed by atoms with van der Waals surface area (Å²) in [6, 6.07) is 5.88. The van der Waals surface area contributed by atoms with Crippen molar-refractivity contribution in [3.63, 3.8) is 0 Å². The summed E-state index contributed by atoms with van der Waals surface area (Å²) in [5, 5.41) is 26.0. The fourth-order valence-electron chi connectivity index (χ4n) is 2.10. The van der Waals surface area contributed by atoms with Crippen LogP contribution in [0.3, 0.4) is 0 Å². The van der Waals surface area contributed by atoms with Gasteiger partial charge >= 0.3 is 5.69 Å². The fourth-order valence-corrected chi connectivity index (χ4v) is 2.10. The van der Waals surface area contributed by atoms with E-state index in [1.807, 2.05) is 0 Å². The Morgan fingerprint density at radius 2 is 2.24 bits per heavy atom. The zero-order valence-corrected chi connectivity index (χ0v) is 11.3. The molecule has 1 amide bonds. The van der Waals surface area contributed by atoms with Gasteiger partial charge in [0, 0.05) is 31.6 Å². The van der Waals surface area contributed by atoms with Crippen molar-refractivity contribution in [1.29, 1.82) is 0 Å². The maximum absolute atomic E-state index is 11.7. The Morgan fingerprint density at radius 3 is 2.90 bits per heavy atom. The number of carbonyl (C=O) groups is 1. The van der Waals surface area contributed by atoms with Crippen molar-refractivity contribution >= 4 is 11.6 Å². The van der Waals surface area contributed by atoms with Gasteiger partial charge in [0.2, 0.25) is 0 Å². The summed E-state index contributed by atoms with van der Waals surface area (Å²) < 4.78 is 5.17. The first-order valence-electron chi connectivity index (χ1n) is 6.59. The molecule has 114 valence electrons. The molecule has 1 aliphatic heterocycles. The van der Waals surface area contributed by atoms with Crippen LogP contribution < -0.4 is 15.4 Å². The quantitative estimate of drug-likeness (QED) is 0.489. The van der Waals surface area contributed by atoms with Crippen molar-refractivity contribution in [1.82, 2.24) is 10.6 Å². The summed E-state index contributed by atoms with van der Waals surface area (Å²) in [6.45, 7) is 1.20. The van der Waals surface area contributed by atoms with Gasteiger partial charge in [-0.3, -0.25) is 14.9 Å². The van der Waals surface area contributed by atoms with Crippen LogP contribution in [-0.2, 0) is 4.79 Å². The number of para-hydroxylation sites is 2. The molecule has 1 fully saturated rings. The average Bonchev–Trinajstić information content (AvgIpc) is 2.88. The van der Waals surface area contributed by atoms with Crippen LogP contribution in [0.5, 0.6) is 5.75 Å². The Balaban J connectivity index is 1.80. The predicted octanol–water partition coefficient (Wildman–Crippen LogP) is -0.330. The second-order valence-corrected chi connectivity index (χ2v) is 4.80. The Morgan fingerprint density at radius 1 is 1.48 bits per heavy atom. The molecule has 2 atom stereocenters. The lowest BCUT2D eigenvalue weighted by molar-refractivity contribution is -0.385. The third-order valence-electron chi connectivity index (χ3n) is 3.29. The molecule has 8 nitrogen and oxygen atoms in total. The number of aliphatic hydroxyl groups is 1. The molecule has 3 N–H and O–H groups in total. The number of ether oxygens (including phenoxy) is 1. The number of hydrogen-bond donors (Lipinski definition) is 3. The maximum atomic E-state index is 11.7. The molecule has 1 aromatic carbocycles. The summed E-state index contributed by atoms with van der Waals surface area (Å²) in [5.41, 5.74) is -0.180. The zero-order chi connectivity index (χ0) is 15.2. The average molecular weight is 295 g/mol. The molecular formula is C13H17N3O5. The lowest BCUT2D eigenvalue weighted by atomic mass is 10.1. The van der Waals surface area contributed by atoms with Gasteiger partial charge in [-0.15, -0.1) is 0 Å². The van der Waals surface area contributed by atoms with Gasteiger partial charge in [0.25, 0.3) is 5.91 Å². The van der Waals surface area contributed by atoms with Crippen LogP contribution in [0.25, 0.3) is 0 Å². The number of rotatable bonds is 6. The monoisotopic (exact) mass is 295 g/mol. The van der Waals surface area contributed by atoms with Crippen molar-refractivity contribution in [2.24, 2.45) is 5.92 Å². The van der Waals surface area contributed by atoms with Gasteiger partial charge < -0.3 is 20.5 Å². The normalized spacial score (nSPS) is 21.0. The molecular weight excluding hydrogens is 278 g/mol. The van der Waals surface area contributed by atoms with E-state index in [0.717, 1.165) is 0 Å². The molecule has 0 radical (unpaired) electrons. The molecule has 8 heteroatoms. The minimum absolute atomic E-state index is 0.0278. The van der Waals surface area contributed by atoms with Gasteiger partial charge in [0.05, 0.1) is 11.0 Å². The minimum Gasteiger partial charge on any atom is -0.477 e. The number of nitrogens with one attached hydrogen (secondary N) is 2. The lowest BCUT2D eigenvalue weighted by Gasteiger charge is -2.14. The van der Waals surface area contributed by atoms with Gasteiger partial charge in [-0.25, -0.2) is 0 Å². The van der Waals surface area contributed by atoms with Crippen LogP contribution >= 0.6 is 0 Å².